The van der Waals surface area contributed by atoms with Crippen LogP contribution >= 0.6 is 27.5 Å². The molecular formula is C20H23BrClN3O3. The molecule has 8 heteroatoms. The molecule has 28 heavy (non-hydrogen) atoms. The Kier molecular flexibility index (Phi) is 6.93. The quantitative estimate of drug-likeness (QED) is 0.682. The first-order valence-electron chi connectivity index (χ1n) is 9.01. The number of aromatic nitrogens is 1. The smallest absolute Gasteiger partial charge is 0.220 e. The zero-order chi connectivity index (χ0) is 20.3. The van der Waals surface area contributed by atoms with Crippen molar-refractivity contribution >= 4 is 33.4 Å². The second-order valence-corrected chi connectivity index (χ2v) is 7.97. The Morgan fingerprint density at radius 2 is 2.04 bits per heavy atom. The van der Waals surface area contributed by atoms with Crippen LogP contribution in [0.25, 0.3) is 0 Å². The van der Waals surface area contributed by atoms with Gasteiger partial charge in [-0.1, -0.05) is 23.7 Å². The molecular weight excluding hydrogens is 446 g/mol. The summed E-state index contributed by atoms with van der Waals surface area (Å²) in [5.41, 5.74) is 1.96. The molecule has 1 aromatic heterocycles. The lowest BCUT2D eigenvalue weighted by Gasteiger charge is -2.47. The third-order valence-corrected chi connectivity index (χ3v) is 5.66. The molecule has 2 aromatic rings. The molecule has 1 aliphatic heterocycles. The Labute approximate surface area is 178 Å². The van der Waals surface area contributed by atoms with Crippen molar-refractivity contribution in [1.82, 2.24) is 14.8 Å². The van der Waals surface area contributed by atoms with Gasteiger partial charge in [0, 0.05) is 26.6 Å². The van der Waals surface area contributed by atoms with Crippen LogP contribution in [0, 0.1) is 0 Å². The number of hydrogen-bond donors (Lipinski definition) is 1. The van der Waals surface area contributed by atoms with Gasteiger partial charge in [0.05, 0.1) is 25.8 Å². The zero-order valence-electron chi connectivity index (χ0n) is 15.8. The largest absolute Gasteiger partial charge is 0.497 e. The van der Waals surface area contributed by atoms with Gasteiger partial charge in [0.15, 0.2) is 0 Å². The van der Waals surface area contributed by atoms with Crippen molar-refractivity contribution in [3.05, 3.63) is 57.3 Å². The van der Waals surface area contributed by atoms with Crippen molar-refractivity contribution < 1.29 is 14.6 Å². The molecule has 0 bridgehead atoms. The predicted octanol–water partition coefficient (Wildman–Crippen LogP) is 3.27. The molecule has 1 aromatic carbocycles. The maximum Gasteiger partial charge on any atom is 0.220 e. The van der Waals surface area contributed by atoms with Crippen LogP contribution in [0.4, 0.5) is 0 Å². The number of aliphatic hydroxyl groups excluding tert-OH is 1. The van der Waals surface area contributed by atoms with E-state index >= 15 is 0 Å². The summed E-state index contributed by atoms with van der Waals surface area (Å²) < 4.78 is 5.82. The summed E-state index contributed by atoms with van der Waals surface area (Å²) in [7, 11) is 1.64. The minimum Gasteiger partial charge on any atom is -0.497 e. The van der Waals surface area contributed by atoms with Gasteiger partial charge in [0.1, 0.15) is 15.5 Å². The van der Waals surface area contributed by atoms with E-state index in [1.165, 1.54) is 0 Å². The van der Waals surface area contributed by atoms with E-state index in [4.69, 9.17) is 16.3 Å². The summed E-state index contributed by atoms with van der Waals surface area (Å²) in [5.74, 6) is 0.773. The van der Waals surface area contributed by atoms with E-state index in [1.807, 2.05) is 30.3 Å². The molecule has 6 nitrogen and oxygen atoms in total. The van der Waals surface area contributed by atoms with Gasteiger partial charge in [0.25, 0.3) is 0 Å². The van der Waals surface area contributed by atoms with Crippen molar-refractivity contribution in [2.75, 3.05) is 26.8 Å². The first-order chi connectivity index (χ1) is 13.4. The Morgan fingerprint density at radius 3 is 2.61 bits per heavy atom. The fourth-order valence-corrected chi connectivity index (χ4v) is 4.51. The lowest BCUT2D eigenvalue weighted by molar-refractivity contribution is -0.137. The molecule has 1 amide bonds. The van der Waals surface area contributed by atoms with Crippen molar-refractivity contribution in [3.63, 3.8) is 0 Å². The third kappa shape index (κ3) is 4.66. The van der Waals surface area contributed by atoms with Gasteiger partial charge in [-0.3, -0.25) is 9.69 Å². The van der Waals surface area contributed by atoms with Crippen LogP contribution in [0.1, 0.15) is 24.1 Å². The van der Waals surface area contributed by atoms with Crippen molar-refractivity contribution in [3.8, 4) is 5.75 Å². The lowest BCUT2D eigenvalue weighted by atomic mass is 9.94. The Morgan fingerprint density at radius 1 is 1.32 bits per heavy atom. The van der Waals surface area contributed by atoms with Gasteiger partial charge in [-0.2, -0.15) is 0 Å². The van der Waals surface area contributed by atoms with Gasteiger partial charge in [-0.05, 0) is 51.3 Å². The lowest BCUT2D eigenvalue weighted by Crippen LogP contribution is -2.57. The van der Waals surface area contributed by atoms with Gasteiger partial charge >= 0.3 is 0 Å². The molecule has 1 saturated heterocycles. The highest BCUT2D eigenvalue weighted by atomic mass is 79.9. The van der Waals surface area contributed by atoms with Crippen LogP contribution in [-0.4, -0.2) is 58.6 Å². The highest BCUT2D eigenvalue weighted by Crippen LogP contribution is 2.34. The van der Waals surface area contributed by atoms with Crippen LogP contribution in [0.5, 0.6) is 5.75 Å². The number of carbonyl (C=O) groups excluding carboxylic acids is 1. The fourth-order valence-electron chi connectivity index (χ4n) is 3.74. The number of benzene rings is 1. The van der Waals surface area contributed by atoms with Crippen molar-refractivity contribution in [2.24, 2.45) is 0 Å². The molecule has 0 radical (unpaired) electrons. The van der Waals surface area contributed by atoms with Crippen LogP contribution in [-0.2, 0) is 11.3 Å². The monoisotopic (exact) mass is 467 g/mol. The normalized spacial score (nSPS) is 20.2. The highest BCUT2D eigenvalue weighted by molar-refractivity contribution is 9.10. The summed E-state index contributed by atoms with van der Waals surface area (Å²) in [5, 5.41) is 10.6. The maximum absolute atomic E-state index is 12.3. The zero-order valence-corrected chi connectivity index (χ0v) is 18.2. The molecule has 2 atom stereocenters. The van der Waals surface area contributed by atoms with Gasteiger partial charge in [-0.15, -0.1) is 0 Å². The molecule has 3 rings (SSSR count). The van der Waals surface area contributed by atoms with E-state index in [-0.39, 0.29) is 24.6 Å². The second-order valence-electron chi connectivity index (χ2n) is 6.77. The number of pyridine rings is 1. The summed E-state index contributed by atoms with van der Waals surface area (Å²) in [6, 6.07) is 10.9. The molecule has 150 valence electrons. The summed E-state index contributed by atoms with van der Waals surface area (Å²) >= 11 is 9.52. The molecule has 0 unspecified atom stereocenters. The van der Waals surface area contributed by atoms with Crippen molar-refractivity contribution in [1.29, 1.82) is 0 Å². The Bertz CT molecular complexity index is 814. The van der Waals surface area contributed by atoms with Gasteiger partial charge < -0.3 is 14.7 Å². The number of nitrogens with zero attached hydrogens (tertiary/aromatic N) is 3. The molecule has 1 aliphatic rings. The second kappa shape index (κ2) is 9.22. The predicted molar refractivity (Wildman–Crippen MR) is 111 cm³/mol. The molecule has 1 N–H and O–H groups in total. The number of piperazine rings is 1. The van der Waals surface area contributed by atoms with Gasteiger partial charge in [0.2, 0.25) is 5.91 Å². The first kappa shape index (κ1) is 21.0. The van der Waals surface area contributed by atoms with Crippen LogP contribution in [0.2, 0.25) is 5.15 Å². The topological polar surface area (TPSA) is 65.9 Å². The molecule has 1 fully saturated rings. The average Bonchev–Trinajstić information content (AvgIpc) is 2.67. The third-order valence-electron chi connectivity index (χ3n) is 5.06. The molecule has 0 aliphatic carbocycles. The van der Waals surface area contributed by atoms with E-state index in [9.17, 15) is 9.90 Å². The van der Waals surface area contributed by atoms with Gasteiger partial charge in [-0.25, -0.2) is 4.98 Å². The van der Waals surface area contributed by atoms with E-state index in [0.717, 1.165) is 16.9 Å². The number of halogens is 2. The number of ether oxygens (including phenoxy) is 1. The average molecular weight is 469 g/mol. The minimum atomic E-state index is -0.314. The van der Waals surface area contributed by atoms with Crippen LogP contribution in [0.15, 0.2) is 41.0 Å². The SMILES string of the molecule is COc1ccc(CN2CCN(C(C)=O)[C@H](c3cc(Cl)nc(Br)c3)[C@H]2CO)cc1. The van der Waals surface area contributed by atoms with Crippen molar-refractivity contribution in [2.45, 2.75) is 25.6 Å². The molecule has 2 heterocycles. The van der Waals surface area contributed by atoms with E-state index in [0.29, 0.717) is 29.4 Å². The number of methoxy groups -OCH3 is 1. The molecule has 0 spiro atoms. The van der Waals surface area contributed by atoms with E-state index in [1.54, 1.807) is 25.0 Å². The Balaban J connectivity index is 1.92. The Hall–Kier alpha value is -1.67. The first-order valence-corrected chi connectivity index (χ1v) is 10.2. The number of hydrogen-bond acceptors (Lipinski definition) is 5. The molecule has 0 saturated carbocycles. The van der Waals surface area contributed by atoms with Crippen LogP contribution < -0.4 is 4.74 Å². The van der Waals surface area contributed by atoms with E-state index in [2.05, 4.69) is 25.8 Å². The number of aliphatic hydroxyl groups is 1. The van der Waals surface area contributed by atoms with Crippen LogP contribution in [0.3, 0.4) is 0 Å². The fraction of sp³-hybridized carbons (Fsp3) is 0.400. The highest BCUT2D eigenvalue weighted by Gasteiger charge is 2.38. The number of carbonyl (C=O) groups is 1. The summed E-state index contributed by atoms with van der Waals surface area (Å²) in [4.78, 5) is 20.4. The number of amides is 1. The summed E-state index contributed by atoms with van der Waals surface area (Å²) in [6.45, 7) is 3.38. The van der Waals surface area contributed by atoms with E-state index < -0.39 is 0 Å². The summed E-state index contributed by atoms with van der Waals surface area (Å²) in [6.07, 6.45) is 0. The minimum absolute atomic E-state index is 0.0309. The maximum atomic E-state index is 12.3. The standard InChI is InChI=1S/C20H23BrClN3O3/c1-13(27)25-8-7-24(11-14-3-5-16(28-2)6-4-14)17(12-26)20(25)15-9-18(21)23-19(22)10-15/h3-6,9-10,17,20,26H,7-8,11-12H2,1-2H3/t17-,20-/m1/s1. The number of rotatable bonds is 5.